The zero-order chi connectivity index (χ0) is 26.6. The molecule has 6 nitrogen and oxygen atoms in total. The van der Waals surface area contributed by atoms with Gasteiger partial charge in [-0.15, -0.1) is 69.3 Å². The van der Waals surface area contributed by atoms with Gasteiger partial charge in [-0.3, -0.25) is 4.79 Å². The monoisotopic (exact) mass is 621 g/mol. The second-order valence-corrected chi connectivity index (χ2v) is 12.9. The number of nitrogens with zero attached hydrogens (tertiary/aromatic N) is 1. The summed E-state index contributed by atoms with van der Waals surface area (Å²) in [7, 11) is 0. The van der Waals surface area contributed by atoms with E-state index in [1.165, 1.54) is 18.3 Å². The highest BCUT2D eigenvalue weighted by Gasteiger charge is 2.48. The summed E-state index contributed by atoms with van der Waals surface area (Å²) in [5, 5.41) is 11.2. The number of ether oxygens (including phenoxy) is 3. The van der Waals surface area contributed by atoms with Crippen molar-refractivity contribution in [3.63, 3.8) is 0 Å². The van der Waals surface area contributed by atoms with Gasteiger partial charge in [0.05, 0.1) is 33.7 Å². The summed E-state index contributed by atoms with van der Waals surface area (Å²) in [5.41, 5.74) is 0.325. The molecule has 11 unspecified atom stereocenters. The zero-order valence-electron chi connectivity index (χ0n) is 20.2. The molecule has 0 amide bonds. The molecule has 204 valence electrons. The molecule has 0 aromatic carbocycles. The molecule has 1 N–H and O–H groups in total. The van der Waals surface area contributed by atoms with E-state index in [0.29, 0.717) is 23.5 Å². The third kappa shape index (κ3) is 8.17. The Morgan fingerprint density at radius 3 is 2.61 bits per heavy atom. The Morgan fingerprint density at radius 2 is 1.97 bits per heavy atom. The van der Waals surface area contributed by atoms with Crippen molar-refractivity contribution in [2.24, 2.45) is 5.92 Å². The van der Waals surface area contributed by atoms with Gasteiger partial charge in [0.1, 0.15) is 35.8 Å². The van der Waals surface area contributed by atoms with Gasteiger partial charge in [0.2, 0.25) is 0 Å². The molecule has 2 aliphatic rings. The number of allylic oxidation sites excluding steroid dienone is 1. The number of epoxide rings is 1. The predicted octanol–water partition coefficient (Wildman–Crippen LogP) is 6.31. The van der Waals surface area contributed by atoms with Crippen molar-refractivity contribution < 1.29 is 24.1 Å². The standard InChI is InChI=1S/C24H32Cl5NO5S/c1-4-13(25)7-14(26)5-6-17-23(35-17)20(29)19(28)15(27)8-18-11(2)22(34-10-33-18)21(32)24-30-16(9-36-24)12(3)31/h5-6,9,11,13-15,17-23,32H,4,7-8,10H2,1-3H3. The molecule has 2 saturated heterocycles. The van der Waals surface area contributed by atoms with Gasteiger partial charge in [-0.25, -0.2) is 4.98 Å². The first-order valence-electron chi connectivity index (χ1n) is 11.9. The minimum atomic E-state index is -0.990. The van der Waals surface area contributed by atoms with Crippen LogP contribution in [0.3, 0.4) is 0 Å². The number of carbonyl (C=O) groups is 1. The zero-order valence-corrected chi connectivity index (χ0v) is 24.8. The van der Waals surface area contributed by atoms with E-state index in [0.717, 1.165) is 6.42 Å². The van der Waals surface area contributed by atoms with E-state index in [-0.39, 0.29) is 47.6 Å². The molecule has 0 radical (unpaired) electrons. The number of Topliss-reactive ketones (excluding diaryl/α,β-unsaturated/α-hetero) is 1. The van der Waals surface area contributed by atoms with Crippen LogP contribution in [0, 0.1) is 5.92 Å². The maximum absolute atomic E-state index is 11.6. The van der Waals surface area contributed by atoms with Crippen LogP contribution in [0.1, 0.15) is 61.6 Å². The number of rotatable bonds is 13. The second-order valence-electron chi connectivity index (χ2n) is 9.23. The Balaban J connectivity index is 1.51. The summed E-state index contributed by atoms with van der Waals surface area (Å²) in [5.74, 6) is -0.364. The van der Waals surface area contributed by atoms with Gasteiger partial charge in [0, 0.05) is 23.6 Å². The summed E-state index contributed by atoms with van der Waals surface area (Å²) in [4.78, 5) is 15.8. The molecule has 12 heteroatoms. The van der Waals surface area contributed by atoms with Crippen LogP contribution in [0.25, 0.3) is 0 Å². The van der Waals surface area contributed by atoms with E-state index in [1.54, 1.807) is 5.38 Å². The molecule has 1 aromatic rings. The normalized spacial score (nSPS) is 31.5. The number of aliphatic hydroxyl groups is 1. The first-order valence-corrected chi connectivity index (χ1v) is 15.0. The molecule has 11 atom stereocenters. The molecule has 2 fully saturated rings. The molecule has 1 aromatic heterocycles. The largest absolute Gasteiger partial charge is 0.383 e. The lowest BCUT2D eigenvalue weighted by atomic mass is 9.89. The molecule has 0 aliphatic carbocycles. The number of hydrogen-bond donors (Lipinski definition) is 1. The third-order valence-electron chi connectivity index (χ3n) is 6.51. The molecular weight excluding hydrogens is 592 g/mol. The van der Waals surface area contributed by atoms with Crippen LogP contribution < -0.4 is 0 Å². The van der Waals surface area contributed by atoms with Gasteiger partial charge in [-0.2, -0.15) is 0 Å². The molecule has 3 heterocycles. The van der Waals surface area contributed by atoms with Gasteiger partial charge < -0.3 is 19.3 Å². The van der Waals surface area contributed by atoms with Gasteiger partial charge in [0.15, 0.2) is 5.78 Å². The lowest BCUT2D eigenvalue weighted by molar-refractivity contribution is -0.230. The molecule has 0 spiro atoms. The van der Waals surface area contributed by atoms with Crippen molar-refractivity contribution in [3.05, 3.63) is 28.2 Å². The van der Waals surface area contributed by atoms with Crippen LogP contribution >= 0.6 is 69.3 Å². The van der Waals surface area contributed by atoms with Crippen molar-refractivity contribution in [3.8, 4) is 0 Å². The average molecular weight is 624 g/mol. The van der Waals surface area contributed by atoms with Crippen molar-refractivity contribution in [1.82, 2.24) is 4.98 Å². The lowest BCUT2D eigenvalue weighted by Gasteiger charge is -2.39. The maximum atomic E-state index is 11.6. The number of thiazole rings is 1. The Hall–Kier alpha value is 0.330. The van der Waals surface area contributed by atoms with Crippen LogP contribution in [0.15, 0.2) is 17.5 Å². The summed E-state index contributed by atoms with van der Waals surface area (Å²) in [6, 6.07) is 0. The fraction of sp³-hybridized carbons (Fsp3) is 0.750. The molecule has 2 aliphatic heterocycles. The van der Waals surface area contributed by atoms with Crippen LogP contribution in [-0.2, 0) is 14.2 Å². The van der Waals surface area contributed by atoms with Crippen molar-refractivity contribution in [2.75, 3.05) is 6.79 Å². The highest BCUT2D eigenvalue weighted by Crippen LogP contribution is 2.39. The Morgan fingerprint density at radius 1 is 1.25 bits per heavy atom. The smallest absolute Gasteiger partial charge is 0.178 e. The number of aromatic nitrogens is 1. The van der Waals surface area contributed by atoms with Crippen LogP contribution in [-0.4, -0.2) is 74.0 Å². The number of alkyl halides is 5. The lowest BCUT2D eigenvalue weighted by Crippen LogP contribution is -2.45. The quantitative estimate of drug-likeness (QED) is 0.120. The van der Waals surface area contributed by atoms with Crippen molar-refractivity contribution in [1.29, 1.82) is 0 Å². The molecular formula is C24H32Cl5NO5S. The fourth-order valence-electron chi connectivity index (χ4n) is 4.11. The minimum absolute atomic E-state index is 0.00191. The first-order chi connectivity index (χ1) is 17.0. The molecule has 36 heavy (non-hydrogen) atoms. The molecule has 0 bridgehead atoms. The van der Waals surface area contributed by atoms with Crippen LogP contribution in [0.5, 0.6) is 0 Å². The number of ketones is 1. The number of aliphatic hydroxyl groups excluding tert-OH is 1. The fourth-order valence-corrected chi connectivity index (χ4v) is 6.60. The van der Waals surface area contributed by atoms with Crippen LogP contribution in [0.2, 0.25) is 0 Å². The highest BCUT2D eigenvalue weighted by atomic mass is 35.5. The minimum Gasteiger partial charge on any atom is -0.383 e. The van der Waals surface area contributed by atoms with E-state index < -0.39 is 28.3 Å². The first kappa shape index (κ1) is 30.9. The van der Waals surface area contributed by atoms with Crippen molar-refractivity contribution >= 4 is 75.1 Å². The molecule has 3 rings (SSSR count). The van der Waals surface area contributed by atoms with Crippen LogP contribution in [0.4, 0.5) is 0 Å². The summed E-state index contributed by atoms with van der Waals surface area (Å²) < 4.78 is 17.2. The second kappa shape index (κ2) is 14.1. The van der Waals surface area contributed by atoms with E-state index in [4.69, 9.17) is 72.2 Å². The van der Waals surface area contributed by atoms with E-state index in [1.807, 2.05) is 26.0 Å². The topological polar surface area (TPSA) is 81.2 Å². The summed E-state index contributed by atoms with van der Waals surface area (Å²) in [6.45, 7) is 5.37. The SMILES string of the molecule is CCC(Cl)CC(Cl)C=CC1OC1C(Cl)C(Cl)C(Cl)CC1OCOC(C(O)c2nc(C(C)=O)cs2)C1C. The van der Waals surface area contributed by atoms with E-state index in [2.05, 4.69) is 4.98 Å². The number of carbonyl (C=O) groups excluding carboxylic acids is 1. The van der Waals surface area contributed by atoms with Gasteiger partial charge in [0.25, 0.3) is 0 Å². The number of halogens is 5. The predicted molar refractivity (Wildman–Crippen MR) is 146 cm³/mol. The van der Waals surface area contributed by atoms with Gasteiger partial charge >= 0.3 is 0 Å². The maximum Gasteiger partial charge on any atom is 0.178 e. The van der Waals surface area contributed by atoms with E-state index in [9.17, 15) is 9.90 Å². The summed E-state index contributed by atoms with van der Waals surface area (Å²) in [6.07, 6.45) is 3.45. The highest BCUT2D eigenvalue weighted by molar-refractivity contribution is 7.09. The van der Waals surface area contributed by atoms with Gasteiger partial charge in [-0.05, 0) is 19.3 Å². The average Bonchev–Trinajstić information content (AvgIpc) is 3.45. The van der Waals surface area contributed by atoms with Crippen molar-refractivity contribution in [2.45, 2.75) is 97.4 Å². The number of hydrogen-bond acceptors (Lipinski definition) is 7. The molecule has 0 saturated carbocycles. The Kier molecular flexibility index (Phi) is 12.1. The Labute approximate surface area is 241 Å². The van der Waals surface area contributed by atoms with Gasteiger partial charge in [-0.1, -0.05) is 26.0 Å². The third-order valence-corrected chi connectivity index (χ3v) is 10.0. The van der Waals surface area contributed by atoms with E-state index >= 15 is 0 Å². The Bertz CT molecular complexity index is 891. The summed E-state index contributed by atoms with van der Waals surface area (Å²) >= 11 is 33.6.